The van der Waals surface area contributed by atoms with E-state index in [0.717, 1.165) is 88.5 Å². The van der Waals surface area contributed by atoms with Crippen molar-refractivity contribution < 1.29 is 4.42 Å². The van der Waals surface area contributed by atoms with Gasteiger partial charge in [0.05, 0.1) is 39.1 Å². The van der Waals surface area contributed by atoms with Crippen molar-refractivity contribution in [1.82, 2.24) is 19.5 Å². The third-order valence-corrected chi connectivity index (χ3v) is 14.4. The van der Waals surface area contributed by atoms with Gasteiger partial charge in [0.1, 0.15) is 11.2 Å². The summed E-state index contributed by atoms with van der Waals surface area (Å²) in [6, 6.07) is 78.6. The second-order valence-corrected chi connectivity index (χ2v) is 18.3. The molecular formula is C65H38N4O. The van der Waals surface area contributed by atoms with Gasteiger partial charge in [-0.15, -0.1) is 0 Å². The van der Waals surface area contributed by atoms with Crippen LogP contribution in [0.4, 0.5) is 0 Å². The van der Waals surface area contributed by atoms with Crippen molar-refractivity contribution in [3.63, 3.8) is 0 Å². The van der Waals surface area contributed by atoms with Crippen molar-refractivity contribution in [3.05, 3.63) is 231 Å². The lowest BCUT2D eigenvalue weighted by molar-refractivity contribution is 0.669. The van der Waals surface area contributed by atoms with E-state index < -0.39 is 0 Å². The highest BCUT2D eigenvalue weighted by Gasteiger charge is 2.21. The van der Waals surface area contributed by atoms with Gasteiger partial charge in [0.25, 0.3) is 0 Å². The molecule has 0 radical (unpaired) electrons. The molecule has 15 aromatic rings. The zero-order valence-corrected chi connectivity index (χ0v) is 37.6. The molecular weight excluding hydrogens is 853 g/mol. The van der Waals surface area contributed by atoms with Gasteiger partial charge in [0.15, 0.2) is 0 Å². The molecule has 0 aliphatic carbocycles. The molecule has 0 unspecified atom stereocenters. The van der Waals surface area contributed by atoms with Crippen molar-refractivity contribution in [1.29, 1.82) is 0 Å². The summed E-state index contributed by atoms with van der Waals surface area (Å²) in [4.78, 5) is 15.3. The Labute approximate surface area is 401 Å². The zero-order valence-electron chi connectivity index (χ0n) is 37.6. The lowest BCUT2D eigenvalue weighted by Crippen LogP contribution is -1.99. The summed E-state index contributed by atoms with van der Waals surface area (Å²) >= 11 is 0. The number of aromatic nitrogens is 4. The van der Waals surface area contributed by atoms with E-state index in [1.165, 1.54) is 59.8 Å². The first-order valence-electron chi connectivity index (χ1n) is 23.7. The van der Waals surface area contributed by atoms with Crippen LogP contribution in [0.1, 0.15) is 0 Å². The molecule has 0 aliphatic heterocycles. The smallest absolute Gasteiger partial charge is 0.135 e. The Kier molecular flexibility index (Phi) is 8.29. The van der Waals surface area contributed by atoms with E-state index in [9.17, 15) is 0 Å². The molecule has 5 nitrogen and oxygen atoms in total. The van der Waals surface area contributed by atoms with Crippen LogP contribution in [-0.4, -0.2) is 19.5 Å². The summed E-state index contributed by atoms with van der Waals surface area (Å²) in [7, 11) is 0. The molecule has 0 fully saturated rings. The topological polar surface area (TPSA) is 56.7 Å². The Bertz CT molecular complexity index is 4550. The second-order valence-electron chi connectivity index (χ2n) is 18.3. The number of fused-ring (bicyclic) bond motifs is 14. The summed E-state index contributed by atoms with van der Waals surface area (Å²) in [5.41, 5.74) is 15.2. The number of hydrogen-bond acceptors (Lipinski definition) is 4. The van der Waals surface area contributed by atoms with Crippen molar-refractivity contribution in [3.8, 4) is 50.5 Å². The third kappa shape index (κ3) is 5.88. The first kappa shape index (κ1) is 38.6. The fourth-order valence-corrected chi connectivity index (χ4v) is 11.2. The first-order chi connectivity index (χ1) is 34.7. The zero-order chi connectivity index (χ0) is 45.9. The van der Waals surface area contributed by atoms with Crippen molar-refractivity contribution >= 4 is 97.9 Å². The molecule has 15 rings (SSSR count). The predicted molar refractivity (Wildman–Crippen MR) is 291 cm³/mol. The Balaban J connectivity index is 1.02. The summed E-state index contributed by atoms with van der Waals surface area (Å²) in [6.07, 6.45) is 3.73. The van der Waals surface area contributed by atoms with Gasteiger partial charge < -0.3 is 8.98 Å². The average molecular weight is 891 g/mol. The van der Waals surface area contributed by atoms with Gasteiger partial charge in [-0.25, -0.2) is 4.98 Å². The minimum atomic E-state index is 0.841. The Morgan fingerprint density at radius 3 is 1.57 bits per heavy atom. The van der Waals surface area contributed by atoms with E-state index in [0.29, 0.717) is 0 Å². The van der Waals surface area contributed by atoms with Crippen LogP contribution in [0, 0.1) is 0 Å². The van der Waals surface area contributed by atoms with Crippen molar-refractivity contribution in [2.24, 2.45) is 0 Å². The monoisotopic (exact) mass is 890 g/mol. The highest BCUT2D eigenvalue weighted by molar-refractivity contribution is 6.29. The van der Waals surface area contributed by atoms with E-state index in [1.54, 1.807) is 0 Å². The summed E-state index contributed by atoms with van der Waals surface area (Å²) in [5, 5.41) is 14.0. The van der Waals surface area contributed by atoms with Crippen LogP contribution in [0.15, 0.2) is 235 Å². The molecule has 0 spiro atoms. The maximum atomic E-state index is 6.22. The number of rotatable bonds is 5. The highest BCUT2D eigenvalue weighted by Crippen LogP contribution is 2.44. The van der Waals surface area contributed by atoms with Gasteiger partial charge in [-0.1, -0.05) is 146 Å². The molecule has 0 aliphatic rings. The highest BCUT2D eigenvalue weighted by atomic mass is 16.3. The number of nitrogens with zero attached hydrogens (tertiary/aromatic N) is 4. The molecule has 0 bridgehead atoms. The molecule has 10 aromatic carbocycles. The number of para-hydroxylation sites is 3. The fraction of sp³-hybridized carbons (Fsp3) is 0. The molecule has 0 atom stereocenters. The van der Waals surface area contributed by atoms with Crippen LogP contribution < -0.4 is 0 Å². The quantitative estimate of drug-likeness (QED) is 0.162. The Morgan fingerprint density at radius 1 is 0.314 bits per heavy atom. The molecule has 324 valence electrons. The minimum absolute atomic E-state index is 0.841. The summed E-state index contributed by atoms with van der Waals surface area (Å²) in [5.74, 6) is 0. The van der Waals surface area contributed by atoms with Crippen LogP contribution >= 0.6 is 0 Å². The molecule has 0 amide bonds. The van der Waals surface area contributed by atoms with Crippen LogP contribution in [0.3, 0.4) is 0 Å². The van der Waals surface area contributed by atoms with Gasteiger partial charge >= 0.3 is 0 Å². The average Bonchev–Trinajstić information content (AvgIpc) is 3.97. The minimum Gasteiger partial charge on any atom is -0.456 e. The van der Waals surface area contributed by atoms with Crippen LogP contribution in [0.5, 0.6) is 0 Å². The number of hydrogen-bond donors (Lipinski definition) is 0. The van der Waals surface area contributed by atoms with Crippen LogP contribution in [0.25, 0.3) is 148 Å². The lowest BCUT2D eigenvalue weighted by Gasteiger charge is -2.16. The van der Waals surface area contributed by atoms with Gasteiger partial charge in [0, 0.05) is 55.8 Å². The molecule has 5 heteroatoms. The van der Waals surface area contributed by atoms with Crippen molar-refractivity contribution in [2.45, 2.75) is 0 Å². The fourth-order valence-electron chi connectivity index (χ4n) is 11.2. The number of pyridine rings is 3. The molecule has 0 saturated carbocycles. The molecule has 0 N–H and O–H groups in total. The molecule has 5 heterocycles. The van der Waals surface area contributed by atoms with Gasteiger partial charge in [-0.3, -0.25) is 9.97 Å². The number of furan rings is 1. The van der Waals surface area contributed by atoms with E-state index in [-0.39, 0.29) is 0 Å². The Hall–Kier alpha value is -9.45. The van der Waals surface area contributed by atoms with E-state index in [4.69, 9.17) is 19.4 Å². The molecule has 5 aromatic heterocycles. The number of benzene rings is 10. The Morgan fingerprint density at radius 2 is 0.843 bits per heavy atom. The van der Waals surface area contributed by atoms with Crippen LogP contribution in [0.2, 0.25) is 0 Å². The molecule has 70 heavy (non-hydrogen) atoms. The predicted octanol–water partition coefficient (Wildman–Crippen LogP) is 17.3. The van der Waals surface area contributed by atoms with Crippen molar-refractivity contribution in [2.75, 3.05) is 0 Å². The van der Waals surface area contributed by atoms with E-state index >= 15 is 0 Å². The van der Waals surface area contributed by atoms with Gasteiger partial charge in [-0.2, -0.15) is 0 Å². The SMILES string of the molecule is c1ccc(-c2ccc3c(c2)c2cc4c5ccc(-c6ccc7oc8ccccc8c7c6)cc5c5ccccc5c4cc2n3-c2cc(-c3cccc4cccnc34)nc(-c3cccc4cccnc34)c2)cc1. The first-order valence-corrected chi connectivity index (χ1v) is 23.7. The maximum absolute atomic E-state index is 6.22. The normalized spacial score (nSPS) is 12.0. The van der Waals surface area contributed by atoms with Gasteiger partial charge in [0.2, 0.25) is 0 Å². The van der Waals surface area contributed by atoms with E-state index in [1.807, 2.05) is 36.7 Å². The maximum Gasteiger partial charge on any atom is 0.135 e. The lowest BCUT2D eigenvalue weighted by atomic mass is 9.91. The van der Waals surface area contributed by atoms with Gasteiger partial charge in [-0.05, 0) is 127 Å². The van der Waals surface area contributed by atoms with Crippen LogP contribution in [-0.2, 0) is 0 Å². The summed E-state index contributed by atoms with van der Waals surface area (Å²) in [6.45, 7) is 0. The third-order valence-electron chi connectivity index (χ3n) is 14.4. The standard InChI is InChI=1S/C65H38N4O/c1-2-12-39(13-3-1)42-25-28-60-55(33-42)56-37-53-48-27-24-43(44-26-29-63-57(34-44)49-20-6-7-23-62(49)70-63)32-52(48)46-18-4-5-19-47(46)54(53)38-61(56)69(60)45-35-58(50-21-8-14-40-16-10-30-66-64(40)50)68-59(36-45)51-22-9-15-41-17-11-31-67-65(41)51/h1-38H. The molecule has 0 saturated heterocycles. The summed E-state index contributed by atoms with van der Waals surface area (Å²) < 4.78 is 8.67. The second kappa shape index (κ2) is 15.0. The van der Waals surface area contributed by atoms with E-state index in [2.05, 4.69) is 199 Å². The largest absolute Gasteiger partial charge is 0.456 e.